The van der Waals surface area contributed by atoms with Crippen LogP contribution in [0.4, 0.5) is 5.82 Å². The molecule has 0 aliphatic rings. The van der Waals surface area contributed by atoms with Crippen LogP contribution in [0, 0.1) is 0 Å². The molecule has 0 aromatic carbocycles. The summed E-state index contributed by atoms with van der Waals surface area (Å²) in [4.78, 5) is 25.5. The number of thioether (sulfide) groups is 1. The molecule has 0 fully saturated rings. The Hall–Kier alpha value is -1.85. The second-order valence-electron chi connectivity index (χ2n) is 9.83. The van der Waals surface area contributed by atoms with Gasteiger partial charge in [-0.3, -0.25) is 9.59 Å². The number of amides is 2. The molecule has 1 heterocycles. The number of aliphatic hydroxyl groups excluding tert-OH is 7. The lowest BCUT2D eigenvalue weighted by molar-refractivity contribution is -0.126. The summed E-state index contributed by atoms with van der Waals surface area (Å²) in [6, 6.07) is -0.954. The van der Waals surface area contributed by atoms with Crippen molar-refractivity contribution >= 4 is 29.4 Å². The Morgan fingerprint density at radius 3 is 2.15 bits per heavy atom. The van der Waals surface area contributed by atoms with Crippen molar-refractivity contribution in [3.05, 3.63) is 6.20 Å². The minimum absolute atomic E-state index is 0.00495. The molecule has 1 rings (SSSR count). The maximum atomic E-state index is 12.9. The quantitative estimate of drug-likeness (QED) is 0.0678. The number of unbranched alkanes of at least 4 members (excludes halogenated alkanes) is 7. The first-order chi connectivity index (χ1) is 19.1. The summed E-state index contributed by atoms with van der Waals surface area (Å²) in [5, 5.41) is 79.5. The van der Waals surface area contributed by atoms with E-state index in [1.54, 1.807) is 0 Å². The molecule has 1 aromatic heterocycles. The molecule has 232 valence electrons. The number of nitrogens with zero attached hydrogens (tertiary/aromatic N) is 3. The Balaban J connectivity index is 2.64. The van der Waals surface area contributed by atoms with Gasteiger partial charge in [0.25, 0.3) is 0 Å². The molecule has 0 radical (unpaired) electrons. The molecule has 0 bridgehead atoms. The highest BCUT2D eigenvalue weighted by Crippen LogP contribution is 2.12. The zero-order valence-electron chi connectivity index (χ0n) is 23.1. The van der Waals surface area contributed by atoms with Crippen molar-refractivity contribution in [3.8, 4) is 0 Å². The third kappa shape index (κ3) is 14.7. The standard InChI is InChI=1S/C25H47N5O9S/c1-2-3-4-5-6-7-8-9-10-22(36)26-18(16-40-15-17(33)13-31)25(39)27-21-12-30(29-28-21)11-19(34)23(37)24(38)20(35)14-32/h12,17-20,23-24,31-35,37-38H,2-11,13-16H2,1H3,(H,26,36)(H,27,39). The number of aliphatic hydroxyl groups is 7. The van der Waals surface area contributed by atoms with E-state index in [2.05, 4.69) is 27.9 Å². The summed E-state index contributed by atoms with van der Waals surface area (Å²) in [7, 11) is 0. The summed E-state index contributed by atoms with van der Waals surface area (Å²) < 4.78 is 1.10. The third-order valence-corrected chi connectivity index (χ3v) is 7.39. The van der Waals surface area contributed by atoms with E-state index in [-0.39, 0.29) is 36.2 Å². The first-order valence-electron chi connectivity index (χ1n) is 13.8. The van der Waals surface area contributed by atoms with E-state index in [4.69, 9.17) is 10.2 Å². The van der Waals surface area contributed by atoms with Gasteiger partial charge in [0.2, 0.25) is 11.8 Å². The van der Waals surface area contributed by atoms with Crippen LogP contribution in [0.1, 0.15) is 64.7 Å². The Morgan fingerprint density at radius 1 is 0.900 bits per heavy atom. The van der Waals surface area contributed by atoms with E-state index >= 15 is 0 Å². The molecule has 9 N–H and O–H groups in total. The van der Waals surface area contributed by atoms with Crippen molar-refractivity contribution in [3.63, 3.8) is 0 Å². The van der Waals surface area contributed by atoms with Gasteiger partial charge in [-0.2, -0.15) is 11.8 Å². The predicted molar refractivity (Wildman–Crippen MR) is 149 cm³/mol. The van der Waals surface area contributed by atoms with Crippen LogP contribution in [-0.4, -0.2) is 124 Å². The van der Waals surface area contributed by atoms with E-state index in [0.717, 1.165) is 23.9 Å². The van der Waals surface area contributed by atoms with Gasteiger partial charge in [-0.15, -0.1) is 5.10 Å². The fraction of sp³-hybridized carbons (Fsp3) is 0.840. The summed E-state index contributed by atoms with van der Waals surface area (Å²) >= 11 is 1.19. The second kappa shape index (κ2) is 20.9. The van der Waals surface area contributed by atoms with Gasteiger partial charge in [0, 0.05) is 17.9 Å². The smallest absolute Gasteiger partial charge is 0.249 e. The molecule has 0 aliphatic carbocycles. The van der Waals surface area contributed by atoms with Crippen LogP contribution in [0.2, 0.25) is 0 Å². The van der Waals surface area contributed by atoms with E-state index in [1.165, 1.54) is 43.6 Å². The minimum atomic E-state index is -1.79. The van der Waals surface area contributed by atoms with Crippen molar-refractivity contribution in [2.24, 2.45) is 0 Å². The lowest BCUT2D eigenvalue weighted by Crippen LogP contribution is -2.47. The number of nitrogens with one attached hydrogen (secondary N) is 2. The van der Waals surface area contributed by atoms with Gasteiger partial charge in [0.15, 0.2) is 5.82 Å². The second-order valence-corrected chi connectivity index (χ2v) is 10.9. The van der Waals surface area contributed by atoms with Crippen molar-refractivity contribution in [2.45, 2.75) is 108 Å². The highest BCUT2D eigenvalue weighted by molar-refractivity contribution is 7.99. The van der Waals surface area contributed by atoms with Gasteiger partial charge in [0.1, 0.15) is 30.5 Å². The summed E-state index contributed by atoms with van der Waals surface area (Å²) in [6.45, 7) is 0.601. The van der Waals surface area contributed by atoms with Gasteiger partial charge in [-0.1, -0.05) is 57.1 Å². The maximum Gasteiger partial charge on any atom is 0.249 e. The van der Waals surface area contributed by atoms with Crippen LogP contribution in [0.25, 0.3) is 0 Å². The number of hydrogen-bond donors (Lipinski definition) is 9. The number of aromatic nitrogens is 3. The molecule has 0 spiro atoms. The lowest BCUT2D eigenvalue weighted by atomic mass is 10.0. The predicted octanol–water partition coefficient (Wildman–Crippen LogP) is -1.25. The SMILES string of the molecule is CCCCCCCCCCC(=O)NC(CSCC(O)CO)C(=O)Nc1cn(CC(O)C(O)C(O)C(O)CO)nn1. The molecule has 0 saturated heterocycles. The maximum absolute atomic E-state index is 12.9. The van der Waals surface area contributed by atoms with Crippen LogP contribution in [0.15, 0.2) is 6.20 Å². The Labute approximate surface area is 239 Å². The van der Waals surface area contributed by atoms with E-state index in [9.17, 15) is 35.1 Å². The Bertz CT molecular complexity index is 834. The molecule has 6 atom stereocenters. The number of carbonyl (C=O) groups excluding carboxylic acids is 2. The summed E-state index contributed by atoms with van der Waals surface area (Å²) in [5.74, 6) is -0.550. The van der Waals surface area contributed by atoms with Gasteiger partial charge >= 0.3 is 0 Å². The first-order valence-corrected chi connectivity index (χ1v) is 15.0. The first kappa shape index (κ1) is 36.2. The molecular formula is C25H47N5O9S. The molecule has 0 aliphatic heterocycles. The Morgan fingerprint density at radius 2 is 1.52 bits per heavy atom. The normalized spacial score (nSPS) is 16.1. The zero-order chi connectivity index (χ0) is 29.9. The number of hydrogen-bond acceptors (Lipinski definition) is 12. The van der Waals surface area contributed by atoms with Crippen LogP contribution in [0.3, 0.4) is 0 Å². The average Bonchev–Trinajstić information content (AvgIpc) is 3.38. The molecule has 40 heavy (non-hydrogen) atoms. The molecule has 15 heteroatoms. The van der Waals surface area contributed by atoms with Crippen molar-refractivity contribution in [1.29, 1.82) is 0 Å². The lowest BCUT2D eigenvalue weighted by Gasteiger charge is -2.25. The van der Waals surface area contributed by atoms with Crippen molar-refractivity contribution in [1.82, 2.24) is 20.3 Å². The van der Waals surface area contributed by atoms with Gasteiger partial charge in [0.05, 0.1) is 32.1 Å². The molecule has 1 aromatic rings. The van der Waals surface area contributed by atoms with Crippen LogP contribution >= 0.6 is 11.8 Å². The average molecular weight is 594 g/mol. The van der Waals surface area contributed by atoms with Crippen LogP contribution < -0.4 is 10.6 Å². The van der Waals surface area contributed by atoms with Gasteiger partial charge in [-0.05, 0) is 6.42 Å². The number of carbonyl (C=O) groups is 2. The fourth-order valence-corrected chi connectivity index (χ4v) is 4.75. The molecule has 2 amide bonds. The highest BCUT2D eigenvalue weighted by Gasteiger charge is 2.30. The monoisotopic (exact) mass is 593 g/mol. The van der Waals surface area contributed by atoms with Crippen molar-refractivity contribution < 1.29 is 45.3 Å². The largest absolute Gasteiger partial charge is 0.394 e. The molecule has 6 unspecified atom stereocenters. The third-order valence-electron chi connectivity index (χ3n) is 6.20. The van der Waals surface area contributed by atoms with Gasteiger partial charge < -0.3 is 46.4 Å². The molecular weight excluding hydrogens is 546 g/mol. The highest BCUT2D eigenvalue weighted by atomic mass is 32.2. The van der Waals surface area contributed by atoms with E-state index < -0.39 is 55.7 Å². The fourth-order valence-electron chi connectivity index (χ4n) is 3.76. The Kier molecular flexibility index (Phi) is 18.9. The number of anilines is 1. The summed E-state index contributed by atoms with van der Waals surface area (Å²) in [6.07, 6.45) is 2.47. The summed E-state index contributed by atoms with van der Waals surface area (Å²) in [5.41, 5.74) is 0. The van der Waals surface area contributed by atoms with Crippen LogP contribution in [-0.2, 0) is 16.1 Å². The van der Waals surface area contributed by atoms with E-state index in [0.29, 0.717) is 6.42 Å². The zero-order valence-corrected chi connectivity index (χ0v) is 24.0. The topological polar surface area (TPSA) is 231 Å². The molecule has 0 saturated carbocycles. The van der Waals surface area contributed by atoms with Crippen LogP contribution in [0.5, 0.6) is 0 Å². The number of rotatable bonds is 23. The van der Waals surface area contributed by atoms with E-state index in [1.807, 2.05) is 0 Å². The van der Waals surface area contributed by atoms with Gasteiger partial charge in [-0.25, -0.2) is 4.68 Å². The minimum Gasteiger partial charge on any atom is -0.394 e. The molecule has 14 nitrogen and oxygen atoms in total. The van der Waals surface area contributed by atoms with Crippen molar-refractivity contribution in [2.75, 3.05) is 30.0 Å².